The fraction of sp³-hybridized carbons (Fsp3) is 0.267. The zero-order chi connectivity index (χ0) is 14.1. The molecule has 20 heavy (non-hydrogen) atoms. The van der Waals surface area contributed by atoms with Gasteiger partial charge in [-0.25, -0.2) is 4.79 Å². The van der Waals surface area contributed by atoms with E-state index < -0.39 is 0 Å². The van der Waals surface area contributed by atoms with Gasteiger partial charge in [0.1, 0.15) is 0 Å². The summed E-state index contributed by atoms with van der Waals surface area (Å²) in [5.74, 6) is 0.481. The lowest BCUT2D eigenvalue weighted by Crippen LogP contribution is -2.15. The molecule has 2 aromatic heterocycles. The Labute approximate surface area is 120 Å². The summed E-state index contributed by atoms with van der Waals surface area (Å²) in [6.07, 6.45) is 0. The predicted octanol–water partition coefficient (Wildman–Crippen LogP) is 3.73. The van der Waals surface area contributed by atoms with Gasteiger partial charge in [0.15, 0.2) is 0 Å². The Morgan fingerprint density at radius 2 is 1.95 bits per heavy atom. The molecule has 0 aliphatic heterocycles. The van der Waals surface area contributed by atoms with Crippen LogP contribution in [-0.2, 0) is 0 Å². The molecular weight excluding hydrogens is 270 g/mol. The van der Waals surface area contributed by atoms with Crippen molar-refractivity contribution in [2.45, 2.75) is 19.9 Å². The van der Waals surface area contributed by atoms with Crippen LogP contribution in [0.2, 0.25) is 0 Å². The largest absolute Gasteiger partial charge is 0.377 e. The van der Waals surface area contributed by atoms with E-state index in [-0.39, 0.29) is 11.7 Å². The Morgan fingerprint density at radius 3 is 2.65 bits per heavy atom. The first-order valence-electron chi connectivity index (χ1n) is 6.65. The van der Waals surface area contributed by atoms with E-state index in [2.05, 4.69) is 46.6 Å². The van der Waals surface area contributed by atoms with Crippen LogP contribution >= 0.6 is 11.3 Å². The summed E-state index contributed by atoms with van der Waals surface area (Å²) in [6.45, 7) is 4.40. The number of aromatic nitrogens is 2. The van der Waals surface area contributed by atoms with Crippen LogP contribution < -0.4 is 11.0 Å². The van der Waals surface area contributed by atoms with E-state index in [0.717, 1.165) is 16.7 Å². The summed E-state index contributed by atoms with van der Waals surface area (Å²) in [5, 5.41) is 5.65. The van der Waals surface area contributed by atoms with Crippen LogP contribution in [0.5, 0.6) is 0 Å². The molecule has 4 nitrogen and oxygen atoms in total. The quantitative estimate of drug-likeness (QED) is 0.684. The van der Waals surface area contributed by atoms with Crippen LogP contribution in [0.3, 0.4) is 0 Å². The summed E-state index contributed by atoms with van der Waals surface area (Å²) in [6, 6.07) is 10.4. The lowest BCUT2D eigenvalue weighted by Gasteiger charge is -2.22. The van der Waals surface area contributed by atoms with Crippen molar-refractivity contribution in [1.82, 2.24) is 9.97 Å². The molecule has 3 aromatic rings. The first kappa shape index (κ1) is 13.0. The third-order valence-electron chi connectivity index (χ3n) is 3.35. The van der Waals surface area contributed by atoms with E-state index >= 15 is 0 Å². The fourth-order valence-corrected chi connectivity index (χ4v) is 3.29. The molecule has 0 bridgehead atoms. The molecule has 3 rings (SSSR count). The van der Waals surface area contributed by atoms with Crippen molar-refractivity contribution in [2.75, 3.05) is 5.32 Å². The zero-order valence-corrected chi connectivity index (χ0v) is 12.3. The highest BCUT2D eigenvalue weighted by molar-refractivity contribution is 7.10. The van der Waals surface area contributed by atoms with Gasteiger partial charge in [0.25, 0.3) is 0 Å². The Balaban J connectivity index is 1.92. The SMILES string of the molecule is CC(C)C(Nc1ccc2[nH]c(=O)[nH]c2c1)c1cccs1. The van der Waals surface area contributed by atoms with Crippen molar-refractivity contribution in [3.63, 3.8) is 0 Å². The average Bonchev–Trinajstić information content (AvgIpc) is 3.02. The number of hydrogen-bond acceptors (Lipinski definition) is 3. The van der Waals surface area contributed by atoms with E-state index in [1.54, 1.807) is 11.3 Å². The second kappa shape index (κ2) is 5.17. The zero-order valence-electron chi connectivity index (χ0n) is 11.4. The summed E-state index contributed by atoms with van der Waals surface area (Å²) < 4.78 is 0. The molecule has 5 heteroatoms. The van der Waals surface area contributed by atoms with Gasteiger partial charge in [-0.2, -0.15) is 0 Å². The molecule has 0 saturated heterocycles. The molecule has 2 heterocycles. The van der Waals surface area contributed by atoms with Gasteiger partial charge in [0.2, 0.25) is 0 Å². The van der Waals surface area contributed by atoms with E-state index in [4.69, 9.17) is 0 Å². The predicted molar refractivity (Wildman–Crippen MR) is 84.4 cm³/mol. The van der Waals surface area contributed by atoms with Gasteiger partial charge in [-0.15, -0.1) is 11.3 Å². The van der Waals surface area contributed by atoms with Gasteiger partial charge in [-0.05, 0) is 35.6 Å². The molecule has 0 aliphatic carbocycles. The van der Waals surface area contributed by atoms with Crippen LogP contribution in [0.1, 0.15) is 24.8 Å². The molecule has 1 atom stereocenters. The molecule has 104 valence electrons. The molecule has 1 aromatic carbocycles. The van der Waals surface area contributed by atoms with Gasteiger partial charge >= 0.3 is 5.69 Å². The highest BCUT2D eigenvalue weighted by Crippen LogP contribution is 2.30. The average molecular weight is 287 g/mol. The molecule has 0 amide bonds. The minimum atomic E-state index is -0.171. The van der Waals surface area contributed by atoms with Gasteiger partial charge < -0.3 is 15.3 Å². The number of nitrogens with one attached hydrogen (secondary N) is 3. The van der Waals surface area contributed by atoms with E-state index in [1.165, 1.54) is 4.88 Å². The number of hydrogen-bond donors (Lipinski definition) is 3. The second-order valence-corrected chi connectivity index (χ2v) is 6.20. The third kappa shape index (κ3) is 2.49. The number of aromatic amines is 2. The maximum atomic E-state index is 11.3. The Kier molecular flexibility index (Phi) is 3.36. The van der Waals surface area contributed by atoms with Crippen LogP contribution in [0, 0.1) is 5.92 Å². The lowest BCUT2D eigenvalue weighted by atomic mass is 10.0. The van der Waals surface area contributed by atoms with E-state index in [9.17, 15) is 4.79 Å². The van der Waals surface area contributed by atoms with Crippen molar-refractivity contribution in [3.8, 4) is 0 Å². The molecule has 0 spiro atoms. The van der Waals surface area contributed by atoms with Crippen LogP contribution in [0.4, 0.5) is 5.69 Å². The summed E-state index contributed by atoms with van der Waals surface area (Å²) >= 11 is 1.76. The van der Waals surface area contributed by atoms with Crippen molar-refractivity contribution in [3.05, 3.63) is 51.1 Å². The van der Waals surface area contributed by atoms with Crippen molar-refractivity contribution in [1.29, 1.82) is 0 Å². The standard InChI is InChI=1S/C15H17N3OS/c1-9(2)14(13-4-3-7-20-13)16-10-5-6-11-12(8-10)18-15(19)17-11/h3-9,14,16H,1-2H3,(H2,17,18,19). The smallest absolute Gasteiger partial charge is 0.323 e. The summed E-state index contributed by atoms with van der Waals surface area (Å²) in [7, 11) is 0. The van der Waals surface area contributed by atoms with E-state index in [0.29, 0.717) is 5.92 Å². The van der Waals surface area contributed by atoms with Gasteiger partial charge in [0.05, 0.1) is 17.1 Å². The molecule has 0 saturated carbocycles. The Morgan fingerprint density at radius 1 is 1.15 bits per heavy atom. The fourth-order valence-electron chi connectivity index (χ4n) is 2.34. The summed E-state index contributed by atoms with van der Waals surface area (Å²) in [4.78, 5) is 18.1. The van der Waals surface area contributed by atoms with Crippen LogP contribution in [-0.4, -0.2) is 9.97 Å². The summed E-state index contributed by atoms with van der Waals surface area (Å²) in [5.41, 5.74) is 2.50. The minimum Gasteiger partial charge on any atom is -0.377 e. The Bertz CT molecular complexity index is 755. The number of fused-ring (bicyclic) bond motifs is 1. The first-order chi connectivity index (χ1) is 9.63. The molecule has 0 fully saturated rings. The number of imidazole rings is 1. The van der Waals surface area contributed by atoms with Crippen molar-refractivity contribution in [2.24, 2.45) is 5.92 Å². The highest BCUT2D eigenvalue weighted by atomic mass is 32.1. The molecule has 0 aliphatic rings. The first-order valence-corrected chi connectivity index (χ1v) is 7.53. The maximum absolute atomic E-state index is 11.3. The third-order valence-corrected chi connectivity index (χ3v) is 4.31. The van der Waals surface area contributed by atoms with Gasteiger partial charge in [-0.3, -0.25) is 0 Å². The number of rotatable bonds is 4. The molecule has 0 radical (unpaired) electrons. The van der Waals surface area contributed by atoms with Gasteiger partial charge in [0, 0.05) is 10.6 Å². The molecule has 3 N–H and O–H groups in total. The normalized spacial score (nSPS) is 12.9. The monoisotopic (exact) mass is 287 g/mol. The minimum absolute atomic E-state index is 0.171. The second-order valence-electron chi connectivity index (χ2n) is 5.22. The molecular formula is C15H17N3OS. The van der Waals surface area contributed by atoms with Crippen LogP contribution in [0.25, 0.3) is 11.0 Å². The highest BCUT2D eigenvalue weighted by Gasteiger charge is 2.16. The van der Waals surface area contributed by atoms with Crippen molar-refractivity contribution >= 4 is 28.1 Å². The number of thiophene rings is 1. The van der Waals surface area contributed by atoms with E-state index in [1.807, 2.05) is 18.2 Å². The maximum Gasteiger partial charge on any atom is 0.323 e. The van der Waals surface area contributed by atoms with Crippen LogP contribution in [0.15, 0.2) is 40.5 Å². The van der Waals surface area contributed by atoms with Gasteiger partial charge in [-0.1, -0.05) is 19.9 Å². The topological polar surface area (TPSA) is 60.7 Å². The molecule has 1 unspecified atom stereocenters. The number of H-pyrrole nitrogens is 2. The lowest BCUT2D eigenvalue weighted by molar-refractivity contribution is 0.554. The Hall–Kier alpha value is -2.01. The van der Waals surface area contributed by atoms with Crippen molar-refractivity contribution < 1.29 is 0 Å². The number of benzene rings is 1. The number of anilines is 1.